The molecule has 1 N–H and O–H groups in total. The molecule has 5 aromatic carbocycles. The molecule has 0 saturated carbocycles. The van der Waals surface area contributed by atoms with Gasteiger partial charge in [-0.1, -0.05) is 91.0 Å². The van der Waals surface area contributed by atoms with Gasteiger partial charge in [0.2, 0.25) is 0 Å². The molecule has 0 atom stereocenters. The second kappa shape index (κ2) is 8.75. The number of nitrogens with one attached hydrogen (secondary N) is 1. The highest BCUT2D eigenvalue weighted by atomic mass is 15.0. The van der Waals surface area contributed by atoms with E-state index in [1.54, 1.807) is 0 Å². The number of para-hydroxylation sites is 2. The Morgan fingerprint density at radius 3 is 2.13 bits per heavy atom. The largest absolute Gasteiger partial charge is 0.355 e. The van der Waals surface area contributed by atoms with Crippen molar-refractivity contribution in [2.75, 3.05) is 0 Å². The lowest BCUT2D eigenvalue weighted by Gasteiger charge is -2.10. The maximum atomic E-state index is 3.55. The van der Waals surface area contributed by atoms with Crippen molar-refractivity contribution in [2.45, 2.75) is 6.42 Å². The highest BCUT2D eigenvalue weighted by Crippen LogP contribution is 2.36. The first-order valence-electron chi connectivity index (χ1n) is 13.5. The highest BCUT2D eigenvalue weighted by Gasteiger charge is 2.14. The topological polar surface area (TPSA) is 20.7 Å². The van der Waals surface area contributed by atoms with Crippen molar-refractivity contribution in [3.05, 3.63) is 145 Å². The molecule has 0 aliphatic heterocycles. The molecular formula is C37H26N2. The van der Waals surface area contributed by atoms with Crippen LogP contribution in [-0.4, -0.2) is 9.55 Å². The molecule has 1 aliphatic carbocycles. The summed E-state index contributed by atoms with van der Waals surface area (Å²) in [6, 6.07) is 39.9. The molecule has 0 saturated heterocycles. The minimum atomic E-state index is 0.965. The zero-order chi connectivity index (χ0) is 25.8. The fourth-order valence-corrected chi connectivity index (χ4v) is 6.05. The fourth-order valence-electron chi connectivity index (χ4n) is 6.05. The van der Waals surface area contributed by atoms with Gasteiger partial charge in [-0.3, -0.25) is 0 Å². The first kappa shape index (κ1) is 22.0. The Balaban J connectivity index is 1.27. The normalized spacial score (nSPS) is 13.5. The molecule has 39 heavy (non-hydrogen) atoms. The van der Waals surface area contributed by atoms with Crippen LogP contribution < -0.4 is 0 Å². The molecule has 0 spiro atoms. The van der Waals surface area contributed by atoms with Gasteiger partial charge in [-0.05, 0) is 77.2 Å². The van der Waals surface area contributed by atoms with Crippen molar-refractivity contribution in [3.8, 4) is 16.8 Å². The molecule has 8 rings (SSSR count). The van der Waals surface area contributed by atoms with Crippen LogP contribution >= 0.6 is 0 Å². The first-order valence-corrected chi connectivity index (χ1v) is 13.5. The van der Waals surface area contributed by atoms with Crippen molar-refractivity contribution < 1.29 is 0 Å². The Morgan fingerprint density at radius 1 is 0.538 bits per heavy atom. The third-order valence-electron chi connectivity index (χ3n) is 7.97. The van der Waals surface area contributed by atoms with E-state index in [9.17, 15) is 0 Å². The van der Waals surface area contributed by atoms with Crippen molar-refractivity contribution in [2.24, 2.45) is 0 Å². The first-order chi connectivity index (χ1) is 19.3. The van der Waals surface area contributed by atoms with Gasteiger partial charge in [-0.25, -0.2) is 0 Å². The quantitative estimate of drug-likeness (QED) is 0.250. The summed E-state index contributed by atoms with van der Waals surface area (Å²) in [5.41, 5.74) is 10.9. The smallest absolute Gasteiger partial charge is 0.0541 e. The second-order valence-electron chi connectivity index (χ2n) is 10.2. The average molecular weight is 499 g/mol. The molecule has 0 amide bonds. The van der Waals surface area contributed by atoms with Gasteiger partial charge in [0.15, 0.2) is 0 Å². The van der Waals surface area contributed by atoms with E-state index in [1.807, 2.05) is 0 Å². The summed E-state index contributed by atoms with van der Waals surface area (Å²) in [4.78, 5) is 3.55. The Kier molecular flexibility index (Phi) is 4.92. The van der Waals surface area contributed by atoms with E-state index in [1.165, 1.54) is 71.6 Å². The van der Waals surface area contributed by atoms with Gasteiger partial charge in [0.1, 0.15) is 0 Å². The van der Waals surface area contributed by atoms with Crippen molar-refractivity contribution >= 4 is 49.2 Å². The molecule has 2 heterocycles. The van der Waals surface area contributed by atoms with Crippen LogP contribution in [0.25, 0.3) is 66.0 Å². The van der Waals surface area contributed by atoms with E-state index >= 15 is 0 Å². The molecule has 0 bridgehead atoms. The number of nitrogens with zero attached hydrogens (tertiary/aromatic N) is 1. The van der Waals surface area contributed by atoms with Crippen LogP contribution in [0.3, 0.4) is 0 Å². The van der Waals surface area contributed by atoms with Crippen LogP contribution in [0.15, 0.2) is 140 Å². The number of aromatic nitrogens is 2. The number of allylic oxidation sites excluding steroid dienone is 6. The molecule has 2 aromatic heterocycles. The lowest BCUT2D eigenvalue weighted by molar-refractivity contribution is 1.18. The number of H-pyrrole nitrogens is 1. The number of hydrogen-bond donors (Lipinski definition) is 1. The second-order valence-corrected chi connectivity index (χ2v) is 10.2. The zero-order valence-electron chi connectivity index (χ0n) is 21.4. The van der Waals surface area contributed by atoms with Crippen molar-refractivity contribution in [1.29, 1.82) is 0 Å². The number of fused-ring (bicyclic) bond motifs is 6. The fraction of sp³-hybridized carbons (Fsp3) is 0.0270. The van der Waals surface area contributed by atoms with E-state index in [-0.39, 0.29) is 0 Å². The summed E-state index contributed by atoms with van der Waals surface area (Å²) >= 11 is 0. The average Bonchev–Trinajstić information content (AvgIpc) is 3.38. The zero-order valence-corrected chi connectivity index (χ0v) is 21.4. The lowest BCUT2D eigenvalue weighted by atomic mass is 10.0. The van der Waals surface area contributed by atoms with Crippen molar-refractivity contribution in [1.82, 2.24) is 9.55 Å². The SMILES string of the molecule is C1=CCC=C(c2ccc(-n3c4ccccc4c4cc(-c5ccc6[nH]c7ccccc7c6c5)ccc43)cc2)C=C1. The van der Waals surface area contributed by atoms with Crippen LogP contribution in [0.5, 0.6) is 0 Å². The molecule has 0 fully saturated rings. The van der Waals surface area contributed by atoms with Gasteiger partial charge in [-0.15, -0.1) is 0 Å². The number of aromatic amines is 1. The Hall–Kier alpha value is -5.08. The molecule has 2 heteroatoms. The predicted octanol–water partition coefficient (Wildman–Crippen LogP) is 9.98. The van der Waals surface area contributed by atoms with Crippen LogP contribution in [0.1, 0.15) is 12.0 Å². The van der Waals surface area contributed by atoms with E-state index in [0.717, 1.165) is 6.42 Å². The number of benzene rings is 5. The minimum Gasteiger partial charge on any atom is -0.355 e. The molecule has 0 radical (unpaired) electrons. The summed E-state index contributed by atoms with van der Waals surface area (Å²) < 4.78 is 2.39. The van der Waals surface area contributed by atoms with Crippen LogP contribution in [0.2, 0.25) is 0 Å². The molecular weight excluding hydrogens is 472 g/mol. The Labute approximate surface area is 226 Å². The molecule has 2 nitrogen and oxygen atoms in total. The monoisotopic (exact) mass is 498 g/mol. The Morgan fingerprint density at radius 2 is 1.23 bits per heavy atom. The van der Waals surface area contributed by atoms with Crippen LogP contribution in [0, 0.1) is 0 Å². The Bertz CT molecular complexity index is 2130. The third-order valence-corrected chi connectivity index (χ3v) is 7.97. The summed E-state index contributed by atoms with van der Waals surface area (Å²) in [5.74, 6) is 0. The number of hydrogen-bond acceptors (Lipinski definition) is 0. The molecule has 0 unspecified atom stereocenters. The summed E-state index contributed by atoms with van der Waals surface area (Å²) in [6.45, 7) is 0. The molecule has 1 aliphatic rings. The molecule has 7 aromatic rings. The van der Waals surface area contributed by atoms with E-state index in [4.69, 9.17) is 0 Å². The summed E-state index contributed by atoms with van der Waals surface area (Å²) in [7, 11) is 0. The standard InChI is InChI=1S/C37H26N2/c1-2-4-10-25(9-3-1)26-15-19-29(20-16-26)39-36-14-8-6-12-31(36)33-24-28(18-22-37(33)39)27-17-21-35-32(23-27)30-11-5-7-13-34(30)38-35/h1-3,5-24,38H,4H2. The summed E-state index contributed by atoms with van der Waals surface area (Å²) in [5, 5.41) is 5.07. The lowest BCUT2D eigenvalue weighted by Crippen LogP contribution is -1.94. The minimum absolute atomic E-state index is 0.965. The third kappa shape index (κ3) is 3.57. The maximum absolute atomic E-state index is 3.55. The van der Waals surface area contributed by atoms with E-state index in [0.29, 0.717) is 0 Å². The van der Waals surface area contributed by atoms with Crippen LogP contribution in [0.4, 0.5) is 0 Å². The van der Waals surface area contributed by atoms with Gasteiger partial charge in [0.25, 0.3) is 0 Å². The maximum Gasteiger partial charge on any atom is 0.0541 e. The predicted molar refractivity (Wildman–Crippen MR) is 166 cm³/mol. The summed E-state index contributed by atoms with van der Waals surface area (Å²) in [6.07, 6.45) is 11.9. The van der Waals surface area contributed by atoms with Gasteiger partial charge < -0.3 is 9.55 Å². The highest BCUT2D eigenvalue weighted by molar-refractivity contribution is 6.11. The van der Waals surface area contributed by atoms with Crippen molar-refractivity contribution in [3.63, 3.8) is 0 Å². The number of rotatable bonds is 3. The van der Waals surface area contributed by atoms with E-state index < -0.39 is 0 Å². The van der Waals surface area contributed by atoms with Crippen LogP contribution in [-0.2, 0) is 0 Å². The van der Waals surface area contributed by atoms with Gasteiger partial charge in [0, 0.05) is 38.3 Å². The van der Waals surface area contributed by atoms with Gasteiger partial charge in [-0.2, -0.15) is 0 Å². The van der Waals surface area contributed by atoms with Gasteiger partial charge in [0.05, 0.1) is 11.0 Å². The molecule has 184 valence electrons. The van der Waals surface area contributed by atoms with Gasteiger partial charge >= 0.3 is 0 Å². The van der Waals surface area contributed by atoms with E-state index in [2.05, 4.69) is 149 Å².